The van der Waals surface area contributed by atoms with Crippen LogP contribution >= 0.6 is 12.2 Å². The van der Waals surface area contributed by atoms with Crippen LogP contribution in [0.25, 0.3) is 28.2 Å². The molecule has 120 valence electrons. The molecule has 0 saturated carbocycles. The van der Waals surface area contributed by atoms with Crippen LogP contribution in [0.2, 0.25) is 0 Å². The molecule has 0 bridgehead atoms. The molecule has 0 amide bonds. The molecule has 4 aromatic rings. The zero-order valence-corrected chi connectivity index (χ0v) is 14.4. The second-order valence-electron chi connectivity index (χ2n) is 5.72. The smallest absolute Gasteiger partial charge is 0.138 e. The number of rotatable bonds is 3. The fourth-order valence-corrected chi connectivity index (χ4v) is 3.23. The zero-order chi connectivity index (χ0) is 17.1. The SMILES string of the molecule is S=c1cc(-c2ccccc2)cc(-c2ccccc2)n1-c1ccccn1. The van der Waals surface area contributed by atoms with E-state index in [1.807, 2.05) is 65.2 Å². The van der Waals surface area contributed by atoms with Crippen molar-refractivity contribution in [2.45, 2.75) is 0 Å². The van der Waals surface area contributed by atoms with E-state index in [-0.39, 0.29) is 0 Å². The van der Waals surface area contributed by atoms with Crippen molar-refractivity contribution >= 4 is 12.2 Å². The van der Waals surface area contributed by atoms with Gasteiger partial charge in [0.25, 0.3) is 0 Å². The highest BCUT2D eigenvalue weighted by atomic mass is 32.1. The summed E-state index contributed by atoms with van der Waals surface area (Å²) in [6.45, 7) is 0. The fraction of sp³-hybridized carbons (Fsp3) is 0. The first-order valence-corrected chi connectivity index (χ1v) is 8.53. The van der Waals surface area contributed by atoms with E-state index in [1.165, 1.54) is 0 Å². The van der Waals surface area contributed by atoms with Gasteiger partial charge in [-0.2, -0.15) is 0 Å². The van der Waals surface area contributed by atoms with Crippen LogP contribution in [0.1, 0.15) is 0 Å². The lowest BCUT2D eigenvalue weighted by molar-refractivity contribution is 0.978. The average molecular weight is 340 g/mol. The van der Waals surface area contributed by atoms with Crippen LogP contribution in [0.4, 0.5) is 0 Å². The number of aromatic nitrogens is 2. The third-order valence-corrected chi connectivity index (χ3v) is 4.39. The summed E-state index contributed by atoms with van der Waals surface area (Å²) < 4.78 is 2.76. The summed E-state index contributed by atoms with van der Waals surface area (Å²) in [7, 11) is 0. The monoisotopic (exact) mass is 340 g/mol. The fourth-order valence-electron chi connectivity index (χ4n) is 2.91. The quantitative estimate of drug-likeness (QED) is 0.430. The molecular formula is C22H16N2S. The van der Waals surface area contributed by atoms with Crippen molar-refractivity contribution in [3.05, 3.63) is 102 Å². The van der Waals surface area contributed by atoms with Gasteiger partial charge in [0.1, 0.15) is 10.5 Å². The molecule has 0 fully saturated rings. The van der Waals surface area contributed by atoms with E-state index in [9.17, 15) is 0 Å². The molecule has 0 atom stereocenters. The molecule has 3 heteroatoms. The first-order chi connectivity index (χ1) is 12.3. The molecule has 0 unspecified atom stereocenters. The van der Waals surface area contributed by atoms with Crippen molar-refractivity contribution in [1.82, 2.24) is 9.55 Å². The molecule has 25 heavy (non-hydrogen) atoms. The molecule has 2 nitrogen and oxygen atoms in total. The Labute approximate surface area is 152 Å². The highest BCUT2D eigenvalue weighted by Gasteiger charge is 2.10. The lowest BCUT2D eigenvalue weighted by Crippen LogP contribution is -2.04. The van der Waals surface area contributed by atoms with Gasteiger partial charge < -0.3 is 0 Å². The molecule has 0 radical (unpaired) electrons. The molecular weight excluding hydrogens is 324 g/mol. The van der Waals surface area contributed by atoms with Crippen LogP contribution in [0, 0.1) is 4.64 Å². The van der Waals surface area contributed by atoms with Gasteiger partial charge in [-0.3, -0.25) is 4.57 Å². The van der Waals surface area contributed by atoms with E-state index in [0.29, 0.717) is 0 Å². The Balaban J connectivity index is 2.01. The first kappa shape index (κ1) is 15.5. The lowest BCUT2D eigenvalue weighted by Gasteiger charge is -2.16. The summed E-state index contributed by atoms with van der Waals surface area (Å²) in [4.78, 5) is 4.49. The van der Waals surface area contributed by atoms with E-state index in [4.69, 9.17) is 12.2 Å². The second-order valence-corrected chi connectivity index (χ2v) is 6.14. The predicted molar refractivity (Wildman–Crippen MR) is 105 cm³/mol. The van der Waals surface area contributed by atoms with Crippen LogP contribution < -0.4 is 0 Å². The third kappa shape index (κ3) is 3.14. The molecule has 0 spiro atoms. The van der Waals surface area contributed by atoms with Crippen LogP contribution in [0.15, 0.2) is 97.2 Å². The Hall–Kier alpha value is -3.04. The molecule has 2 aromatic carbocycles. The van der Waals surface area contributed by atoms with Crippen molar-refractivity contribution in [1.29, 1.82) is 0 Å². The Kier molecular flexibility index (Phi) is 4.23. The summed E-state index contributed by atoms with van der Waals surface area (Å²) in [5, 5.41) is 0. The maximum Gasteiger partial charge on any atom is 0.138 e. The Bertz CT molecular complexity index is 1040. The van der Waals surface area contributed by atoms with Crippen molar-refractivity contribution in [2.24, 2.45) is 0 Å². The van der Waals surface area contributed by atoms with Crippen molar-refractivity contribution in [2.75, 3.05) is 0 Å². The minimum atomic E-state index is 0.735. The van der Waals surface area contributed by atoms with E-state index in [2.05, 4.69) is 35.3 Å². The topological polar surface area (TPSA) is 17.8 Å². The maximum atomic E-state index is 5.73. The van der Waals surface area contributed by atoms with Gasteiger partial charge in [0.05, 0.1) is 5.69 Å². The van der Waals surface area contributed by atoms with Gasteiger partial charge in [0.2, 0.25) is 0 Å². The van der Waals surface area contributed by atoms with Crippen molar-refractivity contribution < 1.29 is 0 Å². The molecule has 4 rings (SSSR count). The molecule has 0 aliphatic carbocycles. The number of pyridine rings is 2. The zero-order valence-electron chi connectivity index (χ0n) is 13.5. The minimum absolute atomic E-state index is 0.735. The van der Waals surface area contributed by atoms with Gasteiger partial charge in [-0.1, -0.05) is 78.9 Å². The van der Waals surface area contributed by atoms with Gasteiger partial charge in [-0.05, 0) is 41.0 Å². The van der Waals surface area contributed by atoms with Gasteiger partial charge in [-0.25, -0.2) is 4.98 Å². The predicted octanol–water partition coefficient (Wildman–Crippen LogP) is 5.94. The largest absolute Gasteiger partial charge is 0.285 e. The highest BCUT2D eigenvalue weighted by Crippen LogP contribution is 2.29. The molecule has 0 aliphatic heterocycles. The summed E-state index contributed by atoms with van der Waals surface area (Å²) >= 11 is 5.73. The van der Waals surface area contributed by atoms with Gasteiger partial charge in [0.15, 0.2) is 0 Å². The van der Waals surface area contributed by atoms with Gasteiger partial charge in [0, 0.05) is 6.20 Å². The van der Waals surface area contributed by atoms with Crippen molar-refractivity contribution in [3.8, 4) is 28.2 Å². The van der Waals surface area contributed by atoms with E-state index in [1.54, 1.807) is 6.20 Å². The highest BCUT2D eigenvalue weighted by molar-refractivity contribution is 7.71. The molecule has 0 saturated heterocycles. The number of hydrogen-bond acceptors (Lipinski definition) is 2. The third-order valence-electron chi connectivity index (χ3n) is 4.09. The van der Waals surface area contributed by atoms with E-state index >= 15 is 0 Å². The minimum Gasteiger partial charge on any atom is -0.285 e. The normalized spacial score (nSPS) is 10.6. The average Bonchev–Trinajstić information content (AvgIpc) is 2.69. The first-order valence-electron chi connectivity index (χ1n) is 8.12. The molecule has 0 N–H and O–H groups in total. The maximum absolute atomic E-state index is 5.73. The summed E-state index contributed by atoms with van der Waals surface area (Å²) in [5.41, 5.74) is 4.40. The lowest BCUT2D eigenvalue weighted by atomic mass is 10.0. The van der Waals surface area contributed by atoms with Crippen LogP contribution in [0.5, 0.6) is 0 Å². The van der Waals surface area contributed by atoms with Gasteiger partial charge in [-0.15, -0.1) is 0 Å². The number of hydrogen-bond donors (Lipinski definition) is 0. The molecule has 2 aromatic heterocycles. The standard InChI is InChI=1S/C22H16N2S/c25-22-16-19(17-9-3-1-4-10-17)15-20(18-11-5-2-6-12-18)24(22)21-13-7-8-14-23-21/h1-16H. The van der Waals surface area contributed by atoms with Gasteiger partial charge >= 0.3 is 0 Å². The number of nitrogens with zero attached hydrogens (tertiary/aromatic N) is 2. The number of benzene rings is 2. The van der Waals surface area contributed by atoms with E-state index < -0.39 is 0 Å². The summed E-state index contributed by atoms with van der Waals surface area (Å²) in [6, 6.07) is 30.7. The Morgan fingerprint density at radius 1 is 0.640 bits per heavy atom. The van der Waals surface area contributed by atoms with Crippen LogP contribution in [-0.2, 0) is 0 Å². The molecule has 2 heterocycles. The summed E-state index contributed by atoms with van der Waals surface area (Å²) in [6.07, 6.45) is 1.79. The van der Waals surface area contributed by atoms with Crippen LogP contribution in [-0.4, -0.2) is 9.55 Å². The van der Waals surface area contributed by atoms with Crippen molar-refractivity contribution in [3.63, 3.8) is 0 Å². The molecule has 0 aliphatic rings. The van der Waals surface area contributed by atoms with Crippen LogP contribution in [0.3, 0.4) is 0 Å². The Morgan fingerprint density at radius 2 is 1.28 bits per heavy atom. The second kappa shape index (κ2) is 6.83. The summed E-state index contributed by atoms with van der Waals surface area (Å²) in [5.74, 6) is 0.825. The Morgan fingerprint density at radius 3 is 1.92 bits per heavy atom. The van der Waals surface area contributed by atoms with E-state index in [0.717, 1.165) is 32.8 Å².